The number of esters is 1. The normalized spacial score (nSPS) is 17.7. The fraction of sp³-hybridized carbons (Fsp3) is 0.444. The second kappa shape index (κ2) is 9.40. The Bertz CT molecular complexity index is 726. The average molecular weight is 395 g/mol. The first-order chi connectivity index (χ1) is 12.8. The van der Waals surface area contributed by atoms with Gasteiger partial charge in [0.25, 0.3) is 5.91 Å². The van der Waals surface area contributed by atoms with Crippen molar-refractivity contribution in [1.82, 2.24) is 15.5 Å². The highest BCUT2D eigenvalue weighted by atomic mass is 32.1. The van der Waals surface area contributed by atoms with Gasteiger partial charge >= 0.3 is 5.97 Å². The van der Waals surface area contributed by atoms with Crippen molar-refractivity contribution >= 4 is 35.1 Å². The van der Waals surface area contributed by atoms with E-state index in [1.165, 1.54) is 29.2 Å². The number of thiocarbonyl (C=S) groups is 1. The van der Waals surface area contributed by atoms with Crippen LogP contribution in [0.4, 0.5) is 4.39 Å². The molecule has 2 N–H and O–H groups in total. The number of carbonyl (C=O) groups excluding carboxylic acids is 3. The number of rotatable bonds is 5. The first-order valence-corrected chi connectivity index (χ1v) is 9.07. The number of nitrogens with one attached hydrogen (secondary N) is 2. The lowest BCUT2D eigenvalue weighted by atomic mass is 10.1. The average Bonchev–Trinajstić information content (AvgIpc) is 2.63. The van der Waals surface area contributed by atoms with Crippen LogP contribution in [0.25, 0.3) is 0 Å². The van der Waals surface area contributed by atoms with Crippen LogP contribution in [0.5, 0.6) is 0 Å². The van der Waals surface area contributed by atoms with Crippen molar-refractivity contribution in [1.29, 1.82) is 0 Å². The van der Waals surface area contributed by atoms with Crippen LogP contribution in [0.1, 0.15) is 37.0 Å². The van der Waals surface area contributed by atoms with Crippen molar-refractivity contribution in [2.24, 2.45) is 0 Å². The summed E-state index contributed by atoms with van der Waals surface area (Å²) >= 11 is 5.26. The molecule has 0 spiro atoms. The van der Waals surface area contributed by atoms with Crippen molar-refractivity contribution in [3.63, 3.8) is 0 Å². The monoisotopic (exact) mass is 395 g/mol. The predicted octanol–water partition coefficient (Wildman–Crippen LogP) is 1.37. The maximum Gasteiger partial charge on any atom is 0.308 e. The Labute approximate surface area is 162 Å². The Hall–Kier alpha value is -2.55. The molecule has 0 saturated carbocycles. The summed E-state index contributed by atoms with van der Waals surface area (Å²) in [6.45, 7) is 4.33. The van der Waals surface area contributed by atoms with Gasteiger partial charge in [-0.15, -0.1) is 0 Å². The molecular weight excluding hydrogens is 373 g/mol. The number of piperazine rings is 1. The maximum absolute atomic E-state index is 13.0. The van der Waals surface area contributed by atoms with E-state index in [1.54, 1.807) is 6.92 Å². The highest BCUT2D eigenvalue weighted by molar-refractivity contribution is 7.80. The molecule has 0 aromatic heterocycles. The molecule has 2 rings (SSSR count). The molecule has 1 aliphatic heterocycles. The lowest BCUT2D eigenvalue weighted by Gasteiger charge is -2.36. The molecule has 0 aliphatic carbocycles. The van der Waals surface area contributed by atoms with Gasteiger partial charge in [-0.25, -0.2) is 4.39 Å². The molecule has 1 aromatic carbocycles. The maximum atomic E-state index is 13.0. The number of hydrogen-bond acceptors (Lipinski definition) is 5. The second-order valence-corrected chi connectivity index (χ2v) is 6.57. The van der Waals surface area contributed by atoms with E-state index in [0.29, 0.717) is 19.5 Å². The molecule has 1 fully saturated rings. The van der Waals surface area contributed by atoms with E-state index in [9.17, 15) is 18.8 Å². The largest absolute Gasteiger partial charge is 0.463 e. The summed E-state index contributed by atoms with van der Waals surface area (Å²) in [5, 5.41) is 5.23. The van der Waals surface area contributed by atoms with Crippen LogP contribution in [-0.2, 0) is 14.3 Å². The number of carbonyl (C=O) groups is 3. The quantitative estimate of drug-likeness (QED) is 0.578. The lowest BCUT2D eigenvalue weighted by Crippen LogP contribution is -2.60. The number of nitrogens with zero attached hydrogens (tertiary/aromatic N) is 1. The van der Waals surface area contributed by atoms with Gasteiger partial charge in [-0.3, -0.25) is 19.7 Å². The SMILES string of the molecule is CCC(C)OC(=O)CC1C(=O)NCCN1C(=S)NC(=O)c1ccc(F)cc1. The van der Waals surface area contributed by atoms with Crippen molar-refractivity contribution < 1.29 is 23.5 Å². The minimum Gasteiger partial charge on any atom is -0.463 e. The van der Waals surface area contributed by atoms with E-state index in [1.807, 2.05) is 6.92 Å². The Morgan fingerprint density at radius 2 is 2.07 bits per heavy atom. The van der Waals surface area contributed by atoms with Gasteiger partial charge in [0.2, 0.25) is 5.91 Å². The summed E-state index contributed by atoms with van der Waals surface area (Å²) < 4.78 is 18.2. The topological polar surface area (TPSA) is 87.7 Å². The van der Waals surface area contributed by atoms with E-state index in [2.05, 4.69) is 10.6 Å². The molecule has 0 bridgehead atoms. The van der Waals surface area contributed by atoms with E-state index in [0.717, 1.165) is 0 Å². The molecule has 1 saturated heterocycles. The van der Waals surface area contributed by atoms with Gasteiger partial charge in [0, 0.05) is 18.7 Å². The highest BCUT2D eigenvalue weighted by Crippen LogP contribution is 2.12. The van der Waals surface area contributed by atoms with Crippen molar-refractivity contribution in [3.05, 3.63) is 35.6 Å². The van der Waals surface area contributed by atoms with Gasteiger partial charge in [-0.05, 0) is 49.8 Å². The van der Waals surface area contributed by atoms with Crippen LogP contribution in [0.2, 0.25) is 0 Å². The molecule has 2 unspecified atom stereocenters. The van der Waals surface area contributed by atoms with Gasteiger partial charge in [0.05, 0.1) is 12.5 Å². The Morgan fingerprint density at radius 3 is 2.70 bits per heavy atom. The minimum atomic E-state index is -0.865. The van der Waals surface area contributed by atoms with Crippen LogP contribution < -0.4 is 10.6 Å². The third-order valence-corrected chi connectivity index (χ3v) is 4.52. The van der Waals surface area contributed by atoms with Crippen LogP contribution in [-0.4, -0.2) is 53.0 Å². The van der Waals surface area contributed by atoms with Gasteiger partial charge in [-0.1, -0.05) is 6.92 Å². The summed E-state index contributed by atoms with van der Waals surface area (Å²) in [6, 6.07) is 4.13. The lowest BCUT2D eigenvalue weighted by molar-refractivity contribution is -0.151. The molecule has 2 amide bonds. The molecule has 7 nitrogen and oxygen atoms in total. The number of halogens is 1. The van der Waals surface area contributed by atoms with Crippen molar-refractivity contribution in [2.75, 3.05) is 13.1 Å². The predicted molar refractivity (Wildman–Crippen MR) is 100 cm³/mol. The zero-order valence-corrected chi connectivity index (χ0v) is 16.0. The van der Waals surface area contributed by atoms with Gasteiger partial charge < -0.3 is 15.0 Å². The smallest absolute Gasteiger partial charge is 0.308 e. The Morgan fingerprint density at radius 1 is 1.41 bits per heavy atom. The fourth-order valence-corrected chi connectivity index (χ4v) is 2.83. The molecule has 1 heterocycles. The van der Waals surface area contributed by atoms with Crippen LogP contribution >= 0.6 is 12.2 Å². The van der Waals surface area contributed by atoms with E-state index in [-0.39, 0.29) is 29.1 Å². The van der Waals surface area contributed by atoms with Crippen LogP contribution in [0.15, 0.2) is 24.3 Å². The van der Waals surface area contributed by atoms with Gasteiger partial charge in [-0.2, -0.15) is 0 Å². The van der Waals surface area contributed by atoms with Crippen LogP contribution in [0.3, 0.4) is 0 Å². The zero-order valence-electron chi connectivity index (χ0n) is 15.2. The number of hydrogen-bond donors (Lipinski definition) is 2. The molecule has 1 aromatic rings. The summed E-state index contributed by atoms with van der Waals surface area (Å²) in [6.07, 6.45) is 0.240. The summed E-state index contributed by atoms with van der Waals surface area (Å²) in [5.41, 5.74) is 0.230. The first kappa shape index (κ1) is 20.8. The Balaban J connectivity index is 2.04. The number of ether oxygens (including phenoxy) is 1. The zero-order chi connectivity index (χ0) is 20.0. The third kappa shape index (κ3) is 5.72. The summed E-state index contributed by atoms with van der Waals surface area (Å²) in [5.74, 6) is -1.85. The Kier molecular flexibility index (Phi) is 7.23. The molecular formula is C18H22FN3O4S. The van der Waals surface area contributed by atoms with Crippen molar-refractivity contribution in [3.8, 4) is 0 Å². The van der Waals surface area contributed by atoms with E-state index < -0.39 is 23.7 Å². The molecule has 1 aliphatic rings. The first-order valence-electron chi connectivity index (χ1n) is 8.66. The van der Waals surface area contributed by atoms with Crippen molar-refractivity contribution in [2.45, 2.75) is 38.8 Å². The fourth-order valence-electron chi connectivity index (χ4n) is 2.52. The highest BCUT2D eigenvalue weighted by Gasteiger charge is 2.34. The molecule has 9 heteroatoms. The summed E-state index contributed by atoms with van der Waals surface area (Å²) in [4.78, 5) is 38.1. The number of amides is 2. The third-order valence-electron chi connectivity index (χ3n) is 4.19. The minimum absolute atomic E-state index is 0.0283. The van der Waals surface area contributed by atoms with Gasteiger partial charge in [0.1, 0.15) is 11.9 Å². The number of benzene rings is 1. The second-order valence-electron chi connectivity index (χ2n) is 6.18. The van der Waals surface area contributed by atoms with E-state index in [4.69, 9.17) is 17.0 Å². The van der Waals surface area contributed by atoms with E-state index >= 15 is 0 Å². The molecule has 2 atom stereocenters. The summed E-state index contributed by atoms with van der Waals surface area (Å²) in [7, 11) is 0. The van der Waals surface area contributed by atoms with Crippen LogP contribution in [0, 0.1) is 5.82 Å². The molecule has 27 heavy (non-hydrogen) atoms. The molecule has 0 radical (unpaired) electrons. The molecule has 146 valence electrons. The standard InChI is InChI=1S/C18H22FN3O4S/c1-3-11(2)26-15(23)10-14-17(25)20-8-9-22(14)18(27)21-16(24)12-4-6-13(19)7-5-12/h4-7,11,14H,3,8-10H2,1-2H3,(H,20,25)(H,21,24,27). The van der Waals surface area contributed by atoms with Gasteiger partial charge in [0.15, 0.2) is 5.11 Å².